The second kappa shape index (κ2) is 11.5. The van der Waals surface area contributed by atoms with Crippen LogP contribution in [0, 0.1) is 0 Å². The summed E-state index contributed by atoms with van der Waals surface area (Å²) in [6, 6.07) is 48.2. The molecule has 0 saturated carbocycles. The Kier molecular flexibility index (Phi) is 7.28. The van der Waals surface area contributed by atoms with Crippen LogP contribution in [0.3, 0.4) is 0 Å². The zero-order chi connectivity index (χ0) is 30.2. The Morgan fingerprint density at radius 2 is 0.886 bits per heavy atom. The van der Waals surface area contributed by atoms with Gasteiger partial charge >= 0.3 is 0 Å². The highest BCUT2D eigenvalue weighted by Gasteiger charge is 2.16. The average molecular weight is 569 g/mol. The minimum atomic E-state index is 0.292. The van der Waals surface area contributed by atoms with E-state index in [0.717, 1.165) is 33.2 Å². The average Bonchev–Trinajstić information content (AvgIpc) is 3.08. The maximum Gasteiger partial charge on any atom is 0.0974 e. The molecule has 44 heavy (non-hydrogen) atoms. The molecule has 0 aliphatic carbocycles. The molecule has 0 saturated heterocycles. The number of aromatic nitrogens is 2. The van der Waals surface area contributed by atoms with Crippen molar-refractivity contribution in [3.05, 3.63) is 145 Å². The SMILES string of the molecule is CC(C)c1ccc2ccc3c(-c4cccc(-c5cc(-c6ccccc6)cc(-c6ccccc6)c5)c4)cc(C(C)C)nc3c2n1. The Hall–Kier alpha value is -5.08. The molecule has 2 heterocycles. The van der Waals surface area contributed by atoms with E-state index in [-0.39, 0.29) is 0 Å². The lowest BCUT2D eigenvalue weighted by atomic mass is 9.91. The predicted octanol–water partition coefficient (Wildman–Crippen LogP) is 11.7. The van der Waals surface area contributed by atoms with Crippen LogP contribution in [0.1, 0.15) is 50.9 Å². The van der Waals surface area contributed by atoms with Gasteiger partial charge in [0, 0.05) is 22.2 Å². The first kappa shape index (κ1) is 27.7. The van der Waals surface area contributed by atoms with E-state index in [0.29, 0.717) is 11.8 Å². The highest BCUT2D eigenvalue weighted by molar-refractivity contribution is 6.08. The van der Waals surface area contributed by atoms with Crippen LogP contribution >= 0.6 is 0 Å². The third kappa shape index (κ3) is 5.29. The van der Waals surface area contributed by atoms with E-state index in [9.17, 15) is 0 Å². The first-order valence-corrected chi connectivity index (χ1v) is 15.6. The molecule has 0 amide bonds. The fraction of sp³-hybridized carbons (Fsp3) is 0.143. The number of nitrogens with zero attached hydrogens (tertiary/aromatic N) is 2. The topological polar surface area (TPSA) is 25.8 Å². The van der Waals surface area contributed by atoms with Gasteiger partial charge in [-0.1, -0.05) is 125 Å². The van der Waals surface area contributed by atoms with Gasteiger partial charge in [0.25, 0.3) is 0 Å². The highest BCUT2D eigenvalue weighted by atomic mass is 14.8. The summed E-state index contributed by atoms with van der Waals surface area (Å²) in [7, 11) is 0. The lowest BCUT2D eigenvalue weighted by Crippen LogP contribution is -1.99. The first-order chi connectivity index (χ1) is 21.4. The molecule has 0 fully saturated rings. The normalized spacial score (nSPS) is 11.6. The molecule has 7 rings (SSSR count). The molecule has 0 spiro atoms. The molecule has 0 radical (unpaired) electrons. The Morgan fingerprint density at radius 3 is 1.50 bits per heavy atom. The maximum absolute atomic E-state index is 5.20. The van der Waals surface area contributed by atoms with Crippen molar-refractivity contribution in [2.75, 3.05) is 0 Å². The highest BCUT2D eigenvalue weighted by Crippen LogP contribution is 2.38. The van der Waals surface area contributed by atoms with Gasteiger partial charge in [-0.25, -0.2) is 0 Å². The number of pyridine rings is 2. The van der Waals surface area contributed by atoms with E-state index in [1.54, 1.807) is 0 Å². The van der Waals surface area contributed by atoms with Crippen LogP contribution in [0.2, 0.25) is 0 Å². The molecule has 2 nitrogen and oxygen atoms in total. The van der Waals surface area contributed by atoms with Gasteiger partial charge in [-0.2, -0.15) is 0 Å². The smallest absolute Gasteiger partial charge is 0.0974 e. The minimum Gasteiger partial charge on any atom is -0.250 e. The summed E-state index contributed by atoms with van der Waals surface area (Å²) < 4.78 is 0. The molecule has 0 N–H and O–H groups in total. The molecule has 0 bridgehead atoms. The standard InChI is InChI=1S/C42H36N2/c1-27(2)39-21-19-31-18-20-37-38(26-40(28(3)4)44-42(37)41(31)43-39)33-17-11-16-32(22-33)36-24-34(29-12-7-5-8-13-29)23-35(25-36)30-14-9-6-10-15-30/h5-28H,1-4H3. The summed E-state index contributed by atoms with van der Waals surface area (Å²) in [4.78, 5) is 10.3. The van der Waals surface area contributed by atoms with E-state index < -0.39 is 0 Å². The zero-order valence-electron chi connectivity index (χ0n) is 25.8. The van der Waals surface area contributed by atoms with Gasteiger partial charge < -0.3 is 0 Å². The Balaban J connectivity index is 1.43. The Labute approximate surface area is 260 Å². The maximum atomic E-state index is 5.20. The number of benzene rings is 5. The van der Waals surface area contributed by atoms with Gasteiger partial charge in [0.2, 0.25) is 0 Å². The number of hydrogen-bond acceptors (Lipinski definition) is 2. The monoisotopic (exact) mass is 568 g/mol. The Morgan fingerprint density at radius 1 is 0.386 bits per heavy atom. The van der Waals surface area contributed by atoms with Crippen LogP contribution in [0.25, 0.3) is 66.3 Å². The molecule has 214 valence electrons. The molecule has 0 aliphatic heterocycles. The van der Waals surface area contributed by atoms with Crippen molar-refractivity contribution in [2.24, 2.45) is 0 Å². The molecule has 5 aromatic carbocycles. The summed E-state index contributed by atoms with van der Waals surface area (Å²) in [5.41, 5.74) is 13.8. The van der Waals surface area contributed by atoms with E-state index >= 15 is 0 Å². The summed E-state index contributed by atoms with van der Waals surface area (Å²) >= 11 is 0. The zero-order valence-corrected chi connectivity index (χ0v) is 25.8. The molecular formula is C42H36N2. The summed E-state index contributed by atoms with van der Waals surface area (Å²) in [5, 5.41) is 2.26. The molecule has 7 aromatic rings. The first-order valence-electron chi connectivity index (χ1n) is 15.6. The van der Waals surface area contributed by atoms with Gasteiger partial charge in [0.1, 0.15) is 0 Å². The van der Waals surface area contributed by atoms with Crippen molar-refractivity contribution in [1.29, 1.82) is 0 Å². The third-order valence-corrected chi connectivity index (χ3v) is 8.52. The van der Waals surface area contributed by atoms with Crippen LogP contribution in [0.4, 0.5) is 0 Å². The van der Waals surface area contributed by atoms with Crippen molar-refractivity contribution in [1.82, 2.24) is 9.97 Å². The van der Waals surface area contributed by atoms with Crippen molar-refractivity contribution >= 4 is 21.8 Å². The molecule has 0 aliphatic rings. The van der Waals surface area contributed by atoms with Crippen LogP contribution in [0.5, 0.6) is 0 Å². The molecule has 0 unspecified atom stereocenters. The predicted molar refractivity (Wildman–Crippen MR) is 187 cm³/mol. The molecule has 2 heteroatoms. The molecular weight excluding hydrogens is 532 g/mol. The summed E-state index contributed by atoms with van der Waals surface area (Å²) in [6.45, 7) is 8.82. The molecule has 0 atom stereocenters. The van der Waals surface area contributed by atoms with Gasteiger partial charge in [-0.05, 0) is 92.7 Å². The second-order valence-corrected chi connectivity index (χ2v) is 12.3. The summed E-state index contributed by atoms with van der Waals surface area (Å²) in [5.74, 6) is 0.646. The number of rotatable bonds is 6. The quantitative estimate of drug-likeness (QED) is 0.186. The lowest BCUT2D eigenvalue weighted by Gasteiger charge is -2.16. The van der Waals surface area contributed by atoms with Gasteiger partial charge in [-0.3, -0.25) is 9.97 Å². The minimum absolute atomic E-state index is 0.292. The van der Waals surface area contributed by atoms with E-state index in [1.807, 2.05) is 0 Å². The van der Waals surface area contributed by atoms with Crippen LogP contribution in [-0.2, 0) is 0 Å². The van der Waals surface area contributed by atoms with Crippen molar-refractivity contribution in [3.63, 3.8) is 0 Å². The van der Waals surface area contributed by atoms with E-state index in [1.165, 1.54) is 44.5 Å². The summed E-state index contributed by atoms with van der Waals surface area (Å²) in [6.07, 6.45) is 0. The largest absolute Gasteiger partial charge is 0.250 e. The fourth-order valence-corrected chi connectivity index (χ4v) is 6.02. The van der Waals surface area contributed by atoms with Crippen LogP contribution < -0.4 is 0 Å². The second-order valence-electron chi connectivity index (χ2n) is 12.3. The number of hydrogen-bond donors (Lipinski definition) is 0. The van der Waals surface area contributed by atoms with Crippen LogP contribution in [0.15, 0.2) is 133 Å². The van der Waals surface area contributed by atoms with Crippen molar-refractivity contribution in [3.8, 4) is 44.5 Å². The van der Waals surface area contributed by atoms with Crippen LogP contribution in [-0.4, -0.2) is 9.97 Å². The molecule has 2 aromatic heterocycles. The fourth-order valence-electron chi connectivity index (χ4n) is 6.02. The third-order valence-electron chi connectivity index (χ3n) is 8.52. The van der Waals surface area contributed by atoms with Gasteiger partial charge in [0.15, 0.2) is 0 Å². The lowest BCUT2D eigenvalue weighted by molar-refractivity contribution is 0.826. The van der Waals surface area contributed by atoms with Crippen molar-refractivity contribution < 1.29 is 0 Å². The van der Waals surface area contributed by atoms with Gasteiger partial charge in [0.05, 0.1) is 11.0 Å². The number of fused-ring (bicyclic) bond motifs is 3. The van der Waals surface area contributed by atoms with Crippen molar-refractivity contribution in [2.45, 2.75) is 39.5 Å². The van der Waals surface area contributed by atoms with E-state index in [4.69, 9.17) is 9.97 Å². The Bertz CT molecular complexity index is 2050. The van der Waals surface area contributed by atoms with Gasteiger partial charge in [-0.15, -0.1) is 0 Å². The van der Waals surface area contributed by atoms with E-state index in [2.05, 4.69) is 161 Å².